The average Bonchev–Trinajstić information content (AvgIpc) is 1.88. The van der Waals surface area contributed by atoms with E-state index in [0.29, 0.717) is 10.4 Å². The van der Waals surface area contributed by atoms with Crippen LogP contribution in [0, 0.1) is 0 Å². The van der Waals surface area contributed by atoms with Crippen molar-refractivity contribution in [1.29, 1.82) is 0 Å². The minimum absolute atomic E-state index is 0.313. The molecule has 0 N–H and O–H groups in total. The first kappa shape index (κ1) is 7.36. The van der Waals surface area contributed by atoms with Crippen LogP contribution in [-0.2, 0) is 0 Å². The molecule has 0 aliphatic rings. The number of rotatable bonds is 1. The van der Waals surface area contributed by atoms with Gasteiger partial charge in [0.1, 0.15) is 20.7 Å². The molecule has 49 valence electrons. The molecular formula is C6H4NOSSi. The Morgan fingerprint density at radius 1 is 1.70 bits per heavy atom. The Bertz CT molecular complexity index is 226. The Hall–Kier alpha value is -0.743. The standard InChI is InChI=1S/C6H4NOSSi/c9-6(10)8-5-2-1-3-7-4-5/h1-4H. The highest BCUT2D eigenvalue weighted by atomic mass is 32.1. The molecule has 1 heterocycles. The Balaban J connectivity index is 2.67. The van der Waals surface area contributed by atoms with Gasteiger partial charge in [-0.05, 0) is 12.1 Å². The van der Waals surface area contributed by atoms with Gasteiger partial charge < -0.3 is 4.74 Å². The molecule has 0 fully saturated rings. The van der Waals surface area contributed by atoms with E-state index in [1.165, 1.54) is 0 Å². The first-order chi connectivity index (χ1) is 4.79. The zero-order chi connectivity index (χ0) is 7.40. The number of hydrogen-bond acceptors (Lipinski definition) is 3. The fourth-order valence-corrected chi connectivity index (χ4v) is 0.729. The van der Waals surface area contributed by atoms with E-state index < -0.39 is 0 Å². The monoisotopic (exact) mass is 166 g/mol. The summed E-state index contributed by atoms with van der Waals surface area (Å²) in [7, 11) is 3.04. The van der Waals surface area contributed by atoms with Crippen molar-refractivity contribution in [2.24, 2.45) is 0 Å². The minimum atomic E-state index is 0.313. The number of nitrogens with zero attached hydrogens (tertiary/aromatic N) is 1. The highest BCUT2D eigenvalue weighted by Gasteiger charge is 1.90. The third-order valence-corrected chi connectivity index (χ3v) is 1.03. The Kier molecular flexibility index (Phi) is 2.53. The number of aromatic nitrogens is 1. The van der Waals surface area contributed by atoms with Gasteiger partial charge in [-0.2, -0.15) is 0 Å². The lowest BCUT2D eigenvalue weighted by Crippen LogP contribution is -2.03. The van der Waals surface area contributed by atoms with E-state index in [1.54, 1.807) is 24.5 Å². The van der Waals surface area contributed by atoms with E-state index in [1.807, 2.05) is 0 Å². The van der Waals surface area contributed by atoms with Gasteiger partial charge in [-0.1, -0.05) is 12.2 Å². The fourth-order valence-electron chi connectivity index (χ4n) is 0.515. The molecule has 0 saturated heterocycles. The van der Waals surface area contributed by atoms with Crippen LogP contribution in [0.3, 0.4) is 0 Å². The second kappa shape index (κ2) is 3.43. The molecule has 4 heteroatoms. The fraction of sp³-hybridized carbons (Fsp3) is 0. The summed E-state index contributed by atoms with van der Waals surface area (Å²) in [6.07, 6.45) is 3.26. The van der Waals surface area contributed by atoms with Crippen molar-refractivity contribution in [3.05, 3.63) is 24.5 Å². The van der Waals surface area contributed by atoms with Gasteiger partial charge in [0.15, 0.2) is 0 Å². The van der Waals surface area contributed by atoms with Crippen LogP contribution < -0.4 is 4.74 Å². The molecule has 10 heavy (non-hydrogen) atoms. The maximum absolute atomic E-state index is 5.00. The lowest BCUT2D eigenvalue weighted by Gasteiger charge is -1.99. The molecule has 0 amide bonds. The average molecular weight is 166 g/mol. The van der Waals surface area contributed by atoms with E-state index in [2.05, 4.69) is 27.4 Å². The predicted octanol–water partition coefficient (Wildman–Crippen LogP) is 0.914. The van der Waals surface area contributed by atoms with Crippen molar-refractivity contribution >= 4 is 27.1 Å². The largest absolute Gasteiger partial charge is 0.455 e. The van der Waals surface area contributed by atoms with Crippen molar-refractivity contribution in [2.45, 2.75) is 0 Å². The highest BCUT2D eigenvalue weighted by Crippen LogP contribution is 2.05. The lowest BCUT2D eigenvalue weighted by atomic mass is 10.5. The van der Waals surface area contributed by atoms with Crippen LogP contribution in [-0.4, -0.2) is 19.9 Å². The van der Waals surface area contributed by atoms with Gasteiger partial charge in [-0.3, -0.25) is 4.98 Å². The second-order valence-corrected chi connectivity index (χ2v) is 2.77. The molecule has 3 radical (unpaired) electrons. The van der Waals surface area contributed by atoms with E-state index >= 15 is 0 Å². The molecule has 0 spiro atoms. The summed E-state index contributed by atoms with van der Waals surface area (Å²) in [4.78, 5) is 3.83. The maximum Gasteiger partial charge on any atom is 0.145 e. The summed E-state index contributed by atoms with van der Waals surface area (Å²) in [5, 5.41) is 0. The van der Waals surface area contributed by atoms with E-state index in [-0.39, 0.29) is 0 Å². The molecule has 0 saturated carbocycles. The number of hydrogen-bond donors (Lipinski definition) is 0. The third-order valence-electron chi connectivity index (χ3n) is 0.845. The van der Waals surface area contributed by atoms with Crippen LogP contribution in [0.15, 0.2) is 24.5 Å². The summed E-state index contributed by atoms with van der Waals surface area (Å²) >= 11 is 4.64. The van der Waals surface area contributed by atoms with E-state index in [9.17, 15) is 0 Å². The summed E-state index contributed by atoms with van der Waals surface area (Å²) in [6.45, 7) is 0. The Labute approximate surface area is 67.7 Å². The van der Waals surface area contributed by atoms with E-state index in [4.69, 9.17) is 4.74 Å². The quantitative estimate of drug-likeness (QED) is 0.457. The molecule has 0 bridgehead atoms. The van der Waals surface area contributed by atoms with Crippen molar-refractivity contribution < 1.29 is 4.74 Å². The van der Waals surface area contributed by atoms with Crippen molar-refractivity contribution in [2.75, 3.05) is 0 Å². The third kappa shape index (κ3) is 2.24. The molecule has 1 rings (SSSR count). The molecule has 0 atom stereocenters. The molecule has 0 aliphatic heterocycles. The number of thiocarbonyl (C=S) groups is 1. The predicted molar refractivity (Wildman–Crippen MR) is 43.2 cm³/mol. The molecule has 0 unspecified atom stereocenters. The summed E-state index contributed by atoms with van der Waals surface area (Å²) in [5.74, 6) is 0.641. The number of pyridine rings is 1. The van der Waals surface area contributed by atoms with Gasteiger partial charge in [0.05, 0.1) is 6.20 Å². The highest BCUT2D eigenvalue weighted by molar-refractivity contribution is 7.82. The van der Waals surface area contributed by atoms with Gasteiger partial charge in [0, 0.05) is 6.20 Å². The second-order valence-electron chi connectivity index (χ2n) is 1.58. The van der Waals surface area contributed by atoms with Crippen LogP contribution in [0.1, 0.15) is 0 Å². The molecule has 0 aliphatic carbocycles. The van der Waals surface area contributed by atoms with Crippen molar-refractivity contribution in [3.63, 3.8) is 0 Å². The maximum atomic E-state index is 5.00. The molecule has 0 aromatic carbocycles. The van der Waals surface area contributed by atoms with E-state index in [0.717, 1.165) is 0 Å². The van der Waals surface area contributed by atoms with Gasteiger partial charge in [-0.25, -0.2) is 0 Å². The van der Waals surface area contributed by atoms with Crippen LogP contribution in [0.2, 0.25) is 0 Å². The zero-order valence-corrected chi connectivity index (χ0v) is 6.89. The van der Waals surface area contributed by atoms with Crippen molar-refractivity contribution in [3.8, 4) is 5.75 Å². The topological polar surface area (TPSA) is 22.1 Å². The molecular weight excluding hydrogens is 162 g/mol. The van der Waals surface area contributed by atoms with Crippen molar-refractivity contribution in [1.82, 2.24) is 4.98 Å². The molecule has 1 aromatic heterocycles. The van der Waals surface area contributed by atoms with Crippen LogP contribution in [0.25, 0.3) is 0 Å². The zero-order valence-electron chi connectivity index (χ0n) is 5.07. The first-order valence-corrected chi connectivity index (χ1v) is 3.53. The minimum Gasteiger partial charge on any atom is -0.455 e. The molecule has 1 aromatic rings. The first-order valence-electron chi connectivity index (χ1n) is 2.62. The van der Waals surface area contributed by atoms with Gasteiger partial charge in [0.2, 0.25) is 0 Å². The lowest BCUT2D eigenvalue weighted by molar-refractivity contribution is 0.574. The van der Waals surface area contributed by atoms with Gasteiger partial charge in [0.25, 0.3) is 0 Å². The van der Waals surface area contributed by atoms with Gasteiger partial charge >= 0.3 is 0 Å². The smallest absolute Gasteiger partial charge is 0.145 e. The Morgan fingerprint density at radius 2 is 2.50 bits per heavy atom. The summed E-state index contributed by atoms with van der Waals surface area (Å²) in [5.41, 5.74) is 0. The summed E-state index contributed by atoms with van der Waals surface area (Å²) < 4.78 is 5.31. The normalized spacial score (nSPS) is 8.90. The number of ether oxygens (including phenoxy) is 1. The van der Waals surface area contributed by atoms with Gasteiger partial charge in [-0.15, -0.1) is 0 Å². The summed E-state index contributed by atoms with van der Waals surface area (Å²) in [6, 6.07) is 3.55. The molecule has 2 nitrogen and oxygen atoms in total. The van der Waals surface area contributed by atoms with Crippen LogP contribution >= 0.6 is 12.2 Å². The van der Waals surface area contributed by atoms with Crippen LogP contribution in [0.4, 0.5) is 0 Å². The van der Waals surface area contributed by atoms with Crippen LogP contribution in [0.5, 0.6) is 5.75 Å². The SMILES string of the molecule is [Si]C(=S)Oc1cccnc1. The Morgan fingerprint density at radius 3 is 3.00 bits per heavy atom.